The number of hydrogen-bond acceptors (Lipinski definition) is 6. The summed E-state index contributed by atoms with van der Waals surface area (Å²) in [7, 11) is -6.17. The first-order valence-corrected chi connectivity index (χ1v) is 5.71. The molecule has 0 aromatic carbocycles. The maximum atomic E-state index is 8.58. The van der Waals surface area contributed by atoms with Crippen LogP contribution >= 0.6 is 0 Å². The van der Waals surface area contributed by atoms with Crippen LogP contribution in [0.3, 0.4) is 0 Å². The Labute approximate surface area is 183 Å². The number of nitrogens with zero attached hydrogens (tertiary/aromatic N) is 6. The van der Waals surface area contributed by atoms with Crippen molar-refractivity contribution in [3.63, 3.8) is 0 Å². The zero-order chi connectivity index (χ0) is 10.7. The Balaban J connectivity index is -0.000000720. The summed E-state index contributed by atoms with van der Waals surface area (Å²) in [6.45, 7) is 0. The molecule has 0 spiro atoms. The second kappa shape index (κ2) is 6.12. The molecule has 0 amide bonds. The Morgan fingerprint density at radius 2 is 0.600 bits per heavy atom. The first-order chi connectivity index (χ1) is 5.97. The molecule has 0 radical (unpaired) electrons. The van der Waals surface area contributed by atoms with Gasteiger partial charge in [0.1, 0.15) is 0 Å². The fourth-order valence-corrected chi connectivity index (χ4v) is 1.09. The van der Waals surface area contributed by atoms with Crippen LogP contribution in [0.15, 0.2) is 0 Å². The van der Waals surface area contributed by atoms with E-state index in [4.69, 9.17) is 31.6 Å². The Morgan fingerprint density at radius 1 is 0.467 bits per heavy atom. The first-order valence-electron chi connectivity index (χ1n) is 2.40. The Hall–Kier alpha value is 1.07. The van der Waals surface area contributed by atoms with Crippen molar-refractivity contribution in [3.8, 4) is 29.8 Å². The molecule has 6 nitrogen and oxygen atoms in total. The quantitative estimate of drug-likeness (QED) is 0.382. The number of hydrogen-bond donors (Lipinski definition) is 0. The van der Waals surface area contributed by atoms with Crippen molar-refractivity contribution < 1.29 is 127 Å². The minimum absolute atomic E-state index is 0. The predicted octanol–water partition coefficient (Wildman–Crippen LogP) is -5.89. The number of nitriles is 6. The van der Waals surface area contributed by atoms with Gasteiger partial charge in [0, 0.05) is 0 Å². The Bertz CT molecular complexity index is 395. The smallest absolute Gasteiger partial charge is 1.00 e. The predicted molar refractivity (Wildman–Crippen MR) is 33.7 cm³/mol. The molecule has 0 bridgehead atoms. The van der Waals surface area contributed by atoms with Gasteiger partial charge in [0.2, 0.25) is 0 Å². The van der Waals surface area contributed by atoms with Crippen molar-refractivity contribution in [3.05, 3.63) is 0 Å². The van der Waals surface area contributed by atoms with Crippen molar-refractivity contribution in [1.82, 2.24) is 0 Å². The van der Waals surface area contributed by atoms with Gasteiger partial charge in [-0.1, -0.05) is 0 Å². The molecular formula is C6FeN6Rb2. The summed E-state index contributed by atoms with van der Waals surface area (Å²) >= 11 is 0. The van der Waals surface area contributed by atoms with E-state index in [0.717, 1.165) is 29.8 Å². The molecule has 64 valence electrons. The van der Waals surface area contributed by atoms with Crippen LogP contribution in [0.25, 0.3) is 0 Å². The monoisotopic (exact) mass is 382 g/mol. The molecule has 0 aliphatic rings. The first kappa shape index (κ1) is 21.4. The summed E-state index contributed by atoms with van der Waals surface area (Å²) in [5, 5.41) is 51.5. The van der Waals surface area contributed by atoms with Crippen molar-refractivity contribution >= 4 is 0 Å². The van der Waals surface area contributed by atoms with Crippen LogP contribution in [0.1, 0.15) is 0 Å². The zero-order valence-corrected chi connectivity index (χ0v) is 19.0. The largest absolute Gasteiger partial charge is 1.00 e. The molecule has 0 atom stereocenters. The molecule has 0 aromatic rings. The summed E-state index contributed by atoms with van der Waals surface area (Å²) < 4.78 is 0. The van der Waals surface area contributed by atoms with Crippen LogP contribution in [0.4, 0.5) is 0 Å². The molecule has 0 aliphatic carbocycles. The molecule has 0 unspecified atom stereocenters. The summed E-state index contributed by atoms with van der Waals surface area (Å²) in [5.74, 6) is 0. The molecule has 0 aliphatic heterocycles. The van der Waals surface area contributed by atoms with E-state index in [2.05, 4.69) is 0 Å². The van der Waals surface area contributed by atoms with Crippen LogP contribution in [-0.4, -0.2) is 0 Å². The molecule has 0 saturated carbocycles. The third-order valence-electron chi connectivity index (χ3n) is 1.19. The zero-order valence-electron chi connectivity index (χ0n) is 8.04. The van der Waals surface area contributed by atoms with Gasteiger partial charge >= 0.3 is 188 Å². The third-order valence-corrected chi connectivity index (χ3v) is 4.89. The summed E-state index contributed by atoms with van der Waals surface area (Å²) in [6.07, 6.45) is 0. The van der Waals surface area contributed by atoms with Gasteiger partial charge in [-0.05, 0) is 0 Å². The van der Waals surface area contributed by atoms with E-state index in [9.17, 15) is 0 Å². The van der Waals surface area contributed by atoms with E-state index in [-0.39, 0.29) is 116 Å². The minimum Gasteiger partial charge on any atom is 1.00 e. The van der Waals surface area contributed by atoms with E-state index >= 15 is 0 Å². The molecule has 0 aromatic heterocycles. The van der Waals surface area contributed by atoms with Gasteiger partial charge in [-0.2, -0.15) is 0 Å². The van der Waals surface area contributed by atoms with Gasteiger partial charge in [0.05, 0.1) is 0 Å². The van der Waals surface area contributed by atoms with Crippen molar-refractivity contribution in [2.75, 3.05) is 0 Å². The molecule has 9 heteroatoms. The molecule has 0 heterocycles. The van der Waals surface area contributed by atoms with Crippen LogP contribution in [0, 0.1) is 61.4 Å². The molecule has 0 saturated heterocycles. The summed E-state index contributed by atoms with van der Waals surface area (Å²) in [5.41, 5.74) is 0. The van der Waals surface area contributed by atoms with Crippen LogP contribution < -0.4 is 116 Å². The molecular weight excluding hydrogens is 383 g/mol. The van der Waals surface area contributed by atoms with Crippen molar-refractivity contribution in [2.24, 2.45) is 0 Å². The van der Waals surface area contributed by atoms with Gasteiger partial charge in [0.15, 0.2) is 0 Å². The van der Waals surface area contributed by atoms with E-state index in [1.54, 1.807) is 0 Å². The van der Waals surface area contributed by atoms with Gasteiger partial charge in [0.25, 0.3) is 0 Å². The summed E-state index contributed by atoms with van der Waals surface area (Å²) in [4.78, 5) is 6.19. The van der Waals surface area contributed by atoms with Crippen LogP contribution in [0.2, 0.25) is 0 Å². The molecule has 0 fully saturated rings. The van der Waals surface area contributed by atoms with Crippen molar-refractivity contribution in [2.45, 2.75) is 0 Å². The summed E-state index contributed by atoms with van der Waals surface area (Å²) in [6, 6.07) is 0. The van der Waals surface area contributed by atoms with Gasteiger partial charge < -0.3 is 0 Å². The van der Waals surface area contributed by atoms with E-state index in [0.29, 0.717) is 0 Å². The average Bonchev–Trinajstić information content (AvgIpc) is 2.26. The van der Waals surface area contributed by atoms with E-state index in [1.165, 1.54) is 0 Å². The second-order valence-electron chi connectivity index (χ2n) is 1.80. The number of rotatable bonds is 0. The average molecular weight is 383 g/mol. The minimum atomic E-state index is -6.17. The van der Waals surface area contributed by atoms with E-state index < -0.39 is 10.7 Å². The normalized spacial score (nSPS) is 11.6. The topological polar surface area (TPSA) is 143 Å². The fraction of sp³-hybridized carbons (Fsp3) is 0. The van der Waals surface area contributed by atoms with Crippen LogP contribution in [0.5, 0.6) is 0 Å². The second-order valence-corrected chi connectivity index (χ2v) is 7.42. The van der Waals surface area contributed by atoms with E-state index in [1.807, 2.05) is 0 Å². The molecule has 15 heavy (non-hydrogen) atoms. The van der Waals surface area contributed by atoms with Crippen molar-refractivity contribution in [1.29, 1.82) is 31.6 Å². The Morgan fingerprint density at radius 3 is 0.600 bits per heavy atom. The SMILES string of the molecule is N#[C][Fe-2]([C]#N)([C]#N)([C]#N)([C]#N)[C]#N.[Rb+].[Rb+]. The van der Waals surface area contributed by atoms with Gasteiger partial charge in [-0.25, -0.2) is 0 Å². The Kier molecular flexibility index (Phi) is 8.72. The maximum absolute atomic E-state index is 8.58. The fourth-order valence-electron chi connectivity index (χ4n) is 0.265. The maximum Gasteiger partial charge on any atom is 1.00 e. The van der Waals surface area contributed by atoms with Crippen LogP contribution in [-0.2, 0) is 10.7 Å². The third kappa shape index (κ3) is 2.67. The molecule has 0 rings (SSSR count). The van der Waals surface area contributed by atoms with Gasteiger partial charge in [-0.15, -0.1) is 0 Å². The molecule has 0 N–H and O–H groups in total. The standard InChI is InChI=1S/6CN.Fe.2Rb/c6*1-2;;;/q;;;;;;-2;2*+1. The van der Waals surface area contributed by atoms with Gasteiger partial charge in [-0.3, -0.25) is 0 Å².